The fraction of sp³-hybridized carbons (Fsp3) is 0.133. The van der Waals surface area contributed by atoms with E-state index in [1.807, 2.05) is 0 Å². The standard InChI is InChI=1S/C15H14FN3O/c1-19(2)9-13(14-6-7-17-10-18-14)15(20)11-4-3-5-12(16)8-11/h3-10H,1-2H3. The van der Waals surface area contributed by atoms with E-state index in [1.54, 1.807) is 43.5 Å². The summed E-state index contributed by atoms with van der Waals surface area (Å²) >= 11 is 0. The lowest BCUT2D eigenvalue weighted by Gasteiger charge is -2.11. The van der Waals surface area contributed by atoms with Gasteiger partial charge in [-0.25, -0.2) is 14.4 Å². The highest BCUT2D eigenvalue weighted by Gasteiger charge is 2.16. The van der Waals surface area contributed by atoms with Crippen LogP contribution in [-0.2, 0) is 0 Å². The molecule has 20 heavy (non-hydrogen) atoms. The van der Waals surface area contributed by atoms with Gasteiger partial charge in [0.2, 0.25) is 0 Å². The van der Waals surface area contributed by atoms with Gasteiger partial charge in [-0.05, 0) is 18.2 Å². The number of allylic oxidation sites excluding steroid dienone is 1. The third kappa shape index (κ3) is 3.26. The topological polar surface area (TPSA) is 46.1 Å². The number of aromatic nitrogens is 2. The van der Waals surface area contributed by atoms with Crippen LogP contribution in [0.4, 0.5) is 4.39 Å². The van der Waals surface area contributed by atoms with Crippen LogP contribution in [0.25, 0.3) is 5.57 Å². The number of hydrogen-bond donors (Lipinski definition) is 0. The van der Waals surface area contributed by atoms with Crippen molar-refractivity contribution in [2.45, 2.75) is 0 Å². The summed E-state index contributed by atoms with van der Waals surface area (Å²) in [4.78, 5) is 22.2. The maximum absolute atomic E-state index is 13.2. The molecule has 2 rings (SSSR count). The molecule has 0 saturated heterocycles. The van der Waals surface area contributed by atoms with Crippen LogP contribution in [0.3, 0.4) is 0 Å². The number of nitrogens with zero attached hydrogens (tertiary/aromatic N) is 3. The number of ketones is 1. The molecule has 102 valence electrons. The predicted octanol–water partition coefficient (Wildman–Crippen LogP) is 2.40. The Morgan fingerprint density at radius 3 is 2.70 bits per heavy atom. The molecule has 0 atom stereocenters. The number of benzene rings is 1. The molecule has 0 spiro atoms. The Morgan fingerprint density at radius 2 is 2.10 bits per heavy atom. The van der Waals surface area contributed by atoms with E-state index in [4.69, 9.17) is 0 Å². The zero-order valence-corrected chi connectivity index (χ0v) is 11.2. The van der Waals surface area contributed by atoms with E-state index in [9.17, 15) is 9.18 Å². The van der Waals surface area contributed by atoms with E-state index < -0.39 is 5.82 Å². The first-order valence-electron chi connectivity index (χ1n) is 6.03. The number of Topliss-reactive ketones (excluding diaryl/α,β-unsaturated/α-hetero) is 1. The Bertz CT molecular complexity index is 639. The fourth-order valence-electron chi connectivity index (χ4n) is 1.73. The highest BCUT2D eigenvalue weighted by molar-refractivity contribution is 6.28. The molecule has 1 aromatic carbocycles. The van der Waals surface area contributed by atoms with Gasteiger partial charge in [-0.2, -0.15) is 0 Å². The number of carbonyl (C=O) groups excluding carboxylic acids is 1. The van der Waals surface area contributed by atoms with Crippen LogP contribution in [0, 0.1) is 5.82 Å². The van der Waals surface area contributed by atoms with E-state index >= 15 is 0 Å². The lowest BCUT2D eigenvalue weighted by Crippen LogP contribution is -2.10. The molecular weight excluding hydrogens is 257 g/mol. The molecule has 2 aromatic rings. The van der Waals surface area contributed by atoms with Crippen molar-refractivity contribution in [1.82, 2.24) is 14.9 Å². The normalized spacial score (nSPS) is 11.2. The van der Waals surface area contributed by atoms with Gasteiger partial charge in [0, 0.05) is 32.1 Å². The van der Waals surface area contributed by atoms with Gasteiger partial charge in [0.1, 0.15) is 12.1 Å². The zero-order valence-electron chi connectivity index (χ0n) is 11.2. The molecule has 0 aliphatic carbocycles. The van der Waals surface area contributed by atoms with E-state index in [0.29, 0.717) is 11.3 Å². The van der Waals surface area contributed by atoms with Crippen molar-refractivity contribution in [2.75, 3.05) is 14.1 Å². The van der Waals surface area contributed by atoms with Gasteiger partial charge in [-0.1, -0.05) is 12.1 Å². The molecule has 5 heteroatoms. The van der Waals surface area contributed by atoms with Crippen LogP contribution < -0.4 is 0 Å². The first-order chi connectivity index (χ1) is 9.58. The third-order valence-corrected chi connectivity index (χ3v) is 2.58. The zero-order chi connectivity index (χ0) is 14.5. The van der Waals surface area contributed by atoms with Crippen LogP contribution in [0.2, 0.25) is 0 Å². The monoisotopic (exact) mass is 271 g/mol. The average Bonchev–Trinajstić information content (AvgIpc) is 2.45. The summed E-state index contributed by atoms with van der Waals surface area (Å²) in [5.74, 6) is -0.723. The quantitative estimate of drug-likeness (QED) is 0.633. The fourth-order valence-corrected chi connectivity index (χ4v) is 1.73. The number of rotatable bonds is 4. The molecule has 0 radical (unpaired) electrons. The van der Waals surface area contributed by atoms with Gasteiger partial charge in [-0.15, -0.1) is 0 Å². The van der Waals surface area contributed by atoms with Crippen molar-refractivity contribution < 1.29 is 9.18 Å². The molecule has 4 nitrogen and oxygen atoms in total. The average molecular weight is 271 g/mol. The van der Waals surface area contributed by atoms with Crippen molar-refractivity contribution >= 4 is 11.4 Å². The SMILES string of the molecule is CN(C)C=C(C(=O)c1cccc(F)c1)c1ccncn1. The molecule has 0 unspecified atom stereocenters. The van der Waals surface area contributed by atoms with Gasteiger partial charge in [0.25, 0.3) is 0 Å². The van der Waals surface area contributed by atoms with E-state index in [1.165, 1.54) is 24.5 Å². The van der Waals surface area contributed by atoms with Crippen molar-refractivity contribution in [3.63, 3.8) is 0 Å². The lowest BCUT2D eigenvalue weighted by atomic mass is 10.0. The first-order valence-corrected chi connectivity index (χ1v) is 6.03. The van der Waals surface area contributed by atoms with Crippen LogP contribution in [-0.4, -0.2) is 34.7 Å². The van der Waals surface area contributed by atoms with Crippen LogP contribution in [0.1, 0.15) is 16.1 Å². The Kier molecular flexibility index (Phi) is 4.20. The minimum atomic E-state index is -0.442. The van der Waals surface area contributed by atoms with Gasteiger partial charge in [0.05, 0.1) is 11.3 Å². The van der Waals surface area contributed by atoms with Crippen molar-refractivity contribution in [3.05, 3.63) is 66.1 Å². The van der Waals surface area contributed by atoms with Gasteiger partial charge in [-0.3, -0.25) is 4.79 Å². The van der Waals surface area contributed by atoms with E-state index in [0.717, 1.165) is 0 Å². The van der Waals surface area contributed by atoms with Crippen molar-refractivity contribution in [3.8, 4) is 0 Å². The summed E-state index contributed by atoms with van der Waals surface area (Å²) in [6.07, 6.45) is 4.60. The second-order valence-corrected chi connectivity index (χ2v) is 4.44. The van der Waals surface area contributed by atoms with Crippen LogP contribution in [0.5, 0.6) is 0 Å². The second-order valence-electron chi connectivity index (χ2n) is 4.44. The molecule has 0 saturated carbocycles. The summed E-state index contributed by atoms with van der Waals surface area (Å²) in [5.41, 5.74) is 1.18. The van der Waals surface area contributed by atoms with Gasteiger partial charge < -0.3 is 4.90 Å². The highest BCUT2D eigenvalue weighted by Crippen LogP contribution is 2.18. The van der Waals surface area contributed by atoms with Gasteiger partial charge in [0.15, 0.2) is 5.78 Å². The third-order valence-electron chi connectivity index (χ3n) is 2.58. The smallest absolute Gasteiger partial charge is 0.196 e. The second kappa shape index (κ2) is 6.06. The molecular formula is C15H14FN3O. The summed E-state index contributed by atoms with van der Waals surface area (Å²) in [6, 6.07) is 7.25. The molecule has 0 amide bonds. The number of hydrogen-bond acceptors (Lipinski definition) is 4. The minimum absolute atomic E-state index is 0.281. The minimum Gasteiger partial charge on any atom is -0.383 e. The lowest BCUT2D eigenvalue weighted by molar-refractivity contribution is 0.105. The molecule has 0 fully saturated rings. The molecule has 0 N–H and O–H groups in total. The Balaban J connectivity index is 2.45. The van der Waals surface area contributed by atoms with Gasteiger partial charge >= 0.3 is 0 Å². The molecule has 0 aliphatic heterocycles. The van der Waals surface area contributed by atoms with Crippen molar-refractivity contribution in [2.24, 2.45) is 0 Å². The molecule has 0 aliphatic rings. The summed E-state index contributed by atoms with van der Waals surface area (Å²) in [6.45, 7) is 0. The van der Waals surface area contributed by atoms with Crippen molar-refractivity contribution in [1.29, 1.82) is 0 Å². The maximum Gasteiger partial charge on any atom is 0.196 e. The highest BCUT2D eigenvalue weighted by atomic mass is 19.1. The molecule has 0 bridgehead atoms. The molecule has 1 aromatic heterocycles. The molecule has 1 heterocycles. The Morgan fingerprint density at radius 1 is 1.30 bits per heavy atom. The van der Waals surface area contributed by atoms with E-state index in [-0.39, 0.29) is 11.3 Å². The summed E-state index contributed by atoms with van der Waals surface area (Å²) in [7, 11) is 3.61. The predicted molar refractivity (Wildman–Crippen MR) is 74.4 cm³/mol. The maximum atomic E-state index is 13.2. The largest absolute Gasteiger partial charge is 0.383 e. The summed E-state index contributed by atoms with van der Waals surface area (Å²) in [5, 5.41) is 0. The number of halogens is 1. The Labute approximate surface area is 116 Å². The van der Waals surface area contributed by atoms with E-state index in [2.05, 4.69) is 9.97 Å². The first kappa shape index (κ1) is 13.9. The Hall–Kier alpha value is -2.56. The van der Waals surface area contributed by atoms with Crippen LogP contribution in [0.15, 0.2) is 49.1 Å². The van der Waals surface area contributed by atoms with Crippen LogP contribution >= 0.6 is 0 Å². The number of carbonyl (C=O) groups is 1. The summed E-state index contributed by atoms with van der Waals surface area (Å²) < 4.78 is 13.2.